The summed E-state index contributed by atoms with van der Waals surface area (Å²) in [6.07, 6.45) is 2.01. The van der Waals surface area contributed by atoms with Gasteiger partial charge in [0.1, 0.15) is 6.29 Å². The van der Waals surface area contributed by atoms with Crippen LogP contribution in [0.15, 0.2) is 42.0 Å². The highest BCUT2D eigenvalue weighted by Crippen LogP contribution is 2.33. The Morgan fingerprint density at radius 1 is 0.750 bits per heavy atom. The number of carbonyl (C=O) groups is 5. The Labute approximate surface area is 229 Å². The number of hydrogen-bond acceptors (Lipinski definition) is 12. The molecular weight excluding hydrogens is 532 g/mol. The molecule has 1 N–H and O–H groups in total. The lowest BCUT2D eigenvalue weighted by atomic mass is 10.1. The van der Waals surface area contributed by atoms with E-state index in [2.05, 4.69) is 14.2 Å². The number of benzene rings is 2. The number of carboxylic acids is 1. The van der Waals surface area contributed by atoms with Crippen LogP contribution in [0.25, 0.3) is 6.08 Å². The van der Waals surface area contributed by atoms with Crippen molar-refractivity contribution in [3.63, 3.8) is 0 Å². The van der Waals surface area contributed by atoms with Crippen LogP contribution in [0, 0.1) is 0 Å². The molecule has 2 aliphatic rings. The number of aliphatic carboxylic acids is 1. The van der Waals surface area contributed by atoms with Gasteiger partial charge in [-0.1, -0.05) is 6.07 Å². The van der Waals surface area contributed by atoms with E-state index < -0.39 is 30.3 Å². The van der Waals surface area contributed by atoms with E-state index in [0.717, 1.165) is 6.29 Å². The predicted octanol–water partition coefficient (Wildman–Crippen LogP) is 2.79. The molecule has 2 heterocycles. The largest absolute Gasteiger partial charge is 0.481 e. The Kier molecular flexibility index (Phi) is 12.5. The summed E-state index contributed by atoms with van der Waals surface area (Å²) in [4.78, 5) is 53.3. The molecule has 13 heteroatoms. The fourth-order valence-corrected chi connectivity index (χ4v) is 3.07. The maximum atomic E-state index is 11.5. The number of hydrogen-bond donors (Lipinski definition) is 1. The first-order valence-electron chi connectivity index (χ1n) is 11.6. The maximum Gasteiger partial charge on any atom is 0.334 e. The second kappa shape index (κ2) is 16.0. The lowest BCUT2D eigenvalue weighted by Gasteiger charge is -2.03. The number of fused-ring (bicyclic) bond motifs is 2. The molecule has 0 saturated carbocycles. The van der Waals surface area contributed by atoms with Crippen LogP contribution in [0.3, 0.4) is 0 Å². The lowest BCUT2D eigenvalue weighted by Crippen LogP contribution is -2.09. The summed E-state index contributed by atoms with van der Waals surface area (Å²) in [5.74, 6) is -0.0262. The number of ether oxygens (including phenoxy) is 7. The van der Waals surface area contributed by atoms with Crippen LogP contribution in [-0.2, 0) is 33.4 Å². The number of aldehydes is 1. The molecule has 2 aromatic rings. The highest BCUT2D eigenvalue weighted by molar-refractivity contribution is 5.98. The molecule has 0 bridgehead atoms. The fraction of sp³-hybridized carbons (Fsp3) is 0.296. The number of rotatable bonds is 8. The number of carbonyl (C=O) groups excluding carboxylic acids is 4. The van der Waals surface area contributed by atoms with E-state index in [9.17, 15) is 24.0 Å². The molecule has 214 valence electrons. The molecular formula is C27H28O13. The average Bonchev–Trinajstić information content (AvgIpc) is 3.64. The summed E-state index contributed by atoms with van der Waals surface area (Å²) < 4.78 is 33.6. The van der Waals surface area contributed by atoms with Crippen LogP contribution in [0.5, 0.6) is 23.0 Å². The van der Waals surface area contributed by atoms with E-state index in [1.54, 1.807) is 36.4 Å². The van der Waals surface area contributed by atoms with Gasteiger partial charge in [-0.15, -0.1) is 0 Å². The Hall–Kier alpha value is -5.07. The maximum absolute atomic E-state index is 11.5. The molecule has 40 heavy (non-hydrogen) atoms. The van der Waals surface area contributed by atoms with Crippen molar-refractivity contribution >= 4 is 36.2 Å². The van der Waals surface area contributed by atoms with Gasteiger partial charge in [0, 0.05) is 11.1 Å². The third-order valence-electron chi connectivity index (χ3n) is 5.05. The summed E-state index contributed by atoms with van der Waals surface area (Å²) in [5, 5.41) is 8.77. The van der Waals surface area contributed by atoms with Gasteiger partial charge < -0.3 is 38.3 Å². The number of carboxylic acid groups (broad SMARTS) is 1. The molecule has 2 aliphatic heterocycles. The van der Waals surface area contributed by atoms with E-state index in [-0.39, 0.29) is 32.0 Å². The zero-order valence-electron chi connectivity index (χ0n) is 22.0. The van der Waals surface area contributed by atoms with E-state index in [1.807, 2.05) is 0 Å². The first-order valence-corrected chi connectivity index (χ1v) is 11.6. The van der Waals surface area contributed by atoms with E-state index in [0.29, 0.717) is 34.1 Å². The van der Waals surface area contributed by atoms with Gasteiger partial charge >= 0.3 is 23.9 Å². The van der Waals surface area contributed by atoms with Crippen LogP contribution < -0.4 is 18.9 Å². The molecule has 0 atom stereocenters. The minimum atomic E-state index is -1.10. The first-order chi connectivity index (χ1) is 19.2. The minimum Gasteiger partial charge on any atom is -0.481 e. The van der Waals surface area contributed by atoms with Crippen LogP contribution >= 0.6 is 0 Å². The van der Waals surface area contributed by atoms with Crippen molar-refractivity contribution in [1.82, 2.24) is 0 Å². The third-order valence-corrected chi connectivity index (χ3v) is 5.05. The third kappa shape index (κ3) is 10.0. The Morgan fingerprint density at radius 2 is 1.23 bits per heavy atom. The summed E-state index contributed by atoms with van der Waals surface area (Å²) in [5.41, 5.74) is 1.31. The molecule has 0 amide bonds. The summed E-state index contributed by atoms with van der Waals surface area (Å²) >= 11 is 0. The van der Waals surface area contributed by atoms with E-state index in [1.165, 1.54) is 27.4 Å². The van der Waals surface area contributed by atoms with Crippen LogP contribution in [0.1, 0.15) is 35.2 Å². The zero-order valence-corrected chi connectivity index (χ0v) is 22.0. The molecule has 0 spiro atoms. The molecule has 13 nitrogen and oxygen atoms in total. The van der Waals surface area contributed by atoms with Crippen molar-refractivity contribution in [3.05, 3.63) is 53.1 Å². The van der Waals surface area contributed by atoms with Crippen LogP contribution in [0.4, 0.5) is 0 Å². The van der Waals surface area contributed by atoms with Crippen molar-refractivity contribution < 1.29 is 62.2 Å². The minimum absolute atomic E-state index is 0.0638. The van der Waals surface area contributed by atoms with Crippen LogP contribution in [0.2, 0.25) is 0 Å². The SMILES string of the molecule is COC(=O)/C(=C/c1ccc2c(c1)OCO2)CC(=O)O.COC(=O)CCC(=O)OC.O=Cc1ccc2c(c1)OCO2. The standard InChI is InChI=1S/C13H12O6.C8H6O3.C6H10O4/c1-17-13(16)9(6-12(14)15)4-8-2-3-10-11(5-8)19-7-18-10;9-4-6-1-2-7-8(3-6)11-5-10-7;1-9-5(7)3-4-6(8)10-2/h2-5H,6-7H2,1H3,(H,14,15);1-4H,5H2;3-4H2,1-2H3/b9-4+;;. The molecule has 0 aliphatic carbocycles. The van der Waals surface area contributed by atoms with Gasteiger partial charge in [-0.05, 0) is 42.0 Å². The lowest BCUT2D eigenvalue weighted by molar-refractivity contribution is -0.147. The Morgan fingerprint density at radius 3 is 1.68 bits per heavy atom. The van der Waals surface area contributed by atoms with Crippen molar-refractivity contribution in [2.75, 3.05) is 34.9 Å². The summed E-state index contributed by atoms with van der Waals surface area (Å²) in [7, 11) is 3.76. The number of esters is 3. The monoisotopic (exact) mass is 560 g/mol. The van der Waals surface area contributed by atoms with Gasteiger partial charge in [0.15, 0.2) is 23.0 Å². The Bertz CT molecular complexity index is 1230. The summed E-state index contributed by atoms with van der Waals surface area (Å²) in [6, 6.07) is 10.2. The Balaban J connectivity index is 0.000000228. The molecule has 0 aromatic heterocycles. The fourth-order valence-electron chi connectivity index (χ4n) is 3.07. The second-order valence-electron chi connectivity index (χ2n) is 7.73. The summed E-state index contributed by atoms with van der Waals surface area (Å²) in [6.45, 7) is 0.402. The van der Waals surface area contributed by atoms with Crippen molar-refractivity contribution in [2.45, 2.75) is 19.3 Å². The van der Waals surface area contributed by atoms with Crippen LogP contribution in [-0.4, -0.2) is 70.2 Å². The molecule has 0 fully saturated rings. The highest BCUT2D eigenvalue weighted by atomic mass is 16.7. The van der Waals surface area contributed by atoms with Gasteiger partial charge in [0.05, 0.1) is 40.6 Å². The van der Waals surface area contributed by atoms with Gasteiger partial charge in [0.25, 0.3) is 0 Å². The van der Waals surface area contributed by atoms with Crippen molar-refractivity contribution in [1.29, 1.82) is 0 Å². The van der Waals surface area contributed by atoms with Gasteiger partial charge in [-0.2, -0.15) is 0 Å². The topological polar surface area (TPSA) is 170 Å². The van der Waals surface area contributed by atoms with Gasteiger partial charge in [0.2, 0.25) is 13.6 Å². The highest BCUT2D eigenvalue weighted by Gasteiger charge is 2.16. The quantitative estimate of drug-likeness (QED) is 0.217. The number of methoxy groups -OCH3 is 3. The zero-order chi connectivity index (χ0) is 29.5. The van der Waals surface area contributed by atoms with E-state index in [4.69, 9.17) is 24.1 Å². The second-order valence-corrected chi connectivity index (χ2v) is 7.73. The van der Waals surface area contributed by atoms with Gasteiger partial charge in [-0.25, -0.2) is 4.79 Å². The predicted molar refractivity (Wildman–Crippen MR) is 136 cm³/mol. The molecule has 4 rings (SSSR count). The average molecular weight is 561 g/mol. The molecule has 0 saturated heterocycles. The van der Waals surface area contributed by atoms with Gasteiger partial charge in [-0.3, -0.25) is 19.2 Å². The van der Waals surface area contributed by atoms with Crippen molar-refractivity contribution in [3.8, 4) is 23.0 Å². The smallest absolute Gasteiger partial charge is 0.334 e. The molecule has 0 radical (unpaired) electrons. The van der Waals surface area contributed by atoms with Crippen molar-refractivity contribution in [2.24, 2.45) is 0 Å². The molecule has 2 aromatic carbocycles. The first kappa shape index (κ1) is 31.1. The van der Waals surface area contributed by atoms with E-state index >= 15 is 0 Å². The molecule has 0 unspecified atom stereocenters. The normalized spacial score (nSPS) is 12.0.